The molecule has 1 aliphatic rings. The van der Waals surface area contributed by atoms with Crippen LogP contribution in [0.1, 0.15) is 41.2 Å². The van der Waals surface area contributed by atoms with Crippen molar-refractivity contribution in [2.75, 3.05) is 13.2 Å². The van der Waals surface area contributed by atoms with Gasteiger partial charge in [0.1, 0.15) is 5.75 Å². The highest BCUT2D eigenvalue weighted by molar-refractivity contribution is 5.94. The average Bonchev–Trinajstić information content (AvgIpc) is 3.02. The number of fused-ring (bicyclic) bond motifs is 1. The number of H-pyrrole nitrogens is 1. The zero-order valence-electron chi connectivity index (χ0n) is 14.2. The molecule has 0 saturated carbocycles. The number of nitrogens with one attached hydrogen (secondary N) is 3. The van der Waals surface area contributed by atoms with E-state index in [-0.39, 0.29) is 5.91 Å². The second kappa shape index (κ2) is 7.49. The van der Waals surface area contributed by atoms with Crippen molar-refractivity contribution >= 4 is 5.91 Å². The molecule has 1 aromatic carbocycles. The molecule has 2 aromatic rings. The Balaban J connectivity index is 1.65. The lowest BCUT2D eigenvalue weighted by atomic mass is 10.1. The molecule has 0 saturated heterocycles. The number of carbonyl (C=O) groups excluding carboxylic acids is 1. The summed E-state index contributed by atoms with van der Waals surface area (Å²) in [6.45, 7) is 6.89. The summed E-state index contributed by atoms with van der Waals surface area (Å²) in [6.07, 6.45) is 0.876. The molecule has 24 heavy (non-hydrogen) atoms. The summed E-state index contributed by atoms with van der Waals surface area (Å²) in [7, 11) is 0. The van der Waals surface area contributed by atoms with Crippen LogP contribution in [0.4, 0.5) is 0 Å². The first-order chi connectivity index (χ1) is 11.6. The number of ether oxygens (including phenoxy) is 1. The lowest BCUT2D eigenvalue weighted by molar-refractivity contribution is 0.0944. The Bertz CT molecular complexity index is 709. The molecule has 0 radical (unpaired) electrons. The molecule has 3 N–H and O–H groups in total. The van der Waals surface area contributed by atoms with Gasteiger partial charge in [-0.2, -0.15) is 5.10 Å². The molecule has 6 heteroatoms. The van der Waals surface area contributed by atoms with Crippen LogP contribution in [0.3, 0.4) is 0 Å². The smallest absolute Gasteiger partial charge is 0.272 e. The van der Waals surface area contributed by atoms with Crippen molar-refractivity contribution in [1.82, 2.24) is 20.8 Å². The number of para-hydroxylation sites is 1. The van der Waals surface area contributed by atoms with Gasteiger partial charge in [0.15, 0.2) is 5.69 Å². The van der Waals surface area contributed by atoms with E-state index < -0.39 is 0 Å². The topological polar surface area (TPSA) is 79.0 Å². The molecule has 2 heterocycles. The fourth-order valence-electron chi connectivity index (χ4n) is 2.72. The molecule has 0 bridgehead atoms. The normalized spacial score (nSPS) is 13.6. The van der Waals surface area contributed by atoms with Crippen LogP contribution in [0.15, 0.2) is 24.3 Å². The number of aromatic amines is 1. The molecule has 0 fully saturated rings. The first-order valence-electron chi connectivity index (χ1n) is 8.41. The van der Waals surface area contributed by atoms with Gasteiger partial charge in [0.2, 0.25) is 0 Å². The maximum atomic E-state index is 12.5. The molecule has 0 atom stereocenters. The molecular weight excluding hydrogens is 304 g/mol. The van der Waals surface area contributed by atoms with E-state index in [0.29, 0.717) is 31.3 Å². The van der Waals surface area contributed by atoms with E-state index in [0.717, 1.165) is 35.5 Å². The minimum atomic E-state index is -0.158. The third-order valence-electron chi connectivity index (χ3n) is 4.01. The highest BCUT2D eigenvalue weighted by Crippen LogP contribution is 2.19. The zero-order valence-corrected chi connectivity index (χ0v) is 14.2. The monoisotopic (exact) mass is 328 g/mol. The SMILES string of the molecule is CC(C)COc1ccccc1CNC(=O)c1n[nH]c2c1CNCC2. The molecule has 0 unspecified atom stereocenters. The molecule has 0 spiro atoms. The van der Waals surface area contributed by atoms with Crippen LogP contribution >= 0.6 is 0 Å². The standard InChI is InChI=1S/C18H24N4O2/c1-12(2)11-24-16-6-4-3-5-13(16)9-20-18(23)17-14-10-19-8-7-15(14)21-22-17/h3-6,12,19H,7-11H2,1-2H3,(H,20,23)(H,21,22). The summed E-state index contributed by atoms with van der Waals surface area (Å²) in [5, 5.41) is 13.4. The summed E-state index contributed by atoms with van der Waals surface area (Å²) in [4.78, 5) is 12.5. The van der Waals surface area contributed by atoms with Crippen molar-refractivity contribution < 1.29 is 9.53 Å². The lowest BCUT2D eigenvalue weighted by Crippen LogP contribution is -2.28. The number of hydrogen-bond donors (Lipinski definition) is 3. The zero-order chi connectivity index (χ0) is 16.9. The van der Waals surface area contributed by atoms with Crippen molar-refractivity contribution in [2.45, 2.75) is 33.4 Å². The largest absolute Gasteiger partial charge is 0.493 e. The first kappa shape index (κ1) is 16.5. The minimum Gasteiger partial charge on any atom is -0.493 e. The van der Waals surface area contributed by atoms with Gasteiger partial charge in [-0.1, -0.05) is 32.0 Å². The van der Waals surface area contributed by atoms with E-state index in [4.69, 9.17) is 4.74 Å². The van der Waals surface area contributed by atoms with Gasteiger partial charge in [-0.3, -0.25) is 9.89 Å². The highest BCUT2D eigenvalue weighted by atomic mass is 16.5. The lowest BCUT2D eigenvalue weighted by Gasteiger charge is -2.14. The number of nitrogens with zero attached hydrogens (tertiary/aromatic N) is 1. The number of amides is 1. The van der Waals surface area contributed by atoms with Crippen LogP contribution in [-0.4, -0.2) is 29.3 Å². The van der Waals surface area contributed by atoms with Crippen LogP contribution in [0, 0.1) is 5.92 Å². The number of carbonyl (C=O) groups is 1. The van der Waals surface area contributed by atoms with E-state index in [2.05, 4.69) is 34.7 Å². The first-order valence-corrected chi connectivity index (χ1v) is 8.41. The van der Waals surface area contributed by atoms with Crippen LogP contribution in [0.25, 0.3) is 0 Å². The van der Waals surface area contributed by atoms with Crippen molar-refractivity contribution in [3.63, 3.8) is 0 Å². The van der Waals surface area contributed by atoms with Gasteiger partial charge in [0.25, 0.3) is 5.91 Å². The van der Waals surface area contributed by atoms with E-state index in [9.17, 15) is 4.79 Å². The molecule has 6 nitrogen and oxygen atoms in total. The summed E-state index contributed by atoms with van der Waals surface area (Å²) < 4.78 is 5.83. The number of benzene rings is 1. The quantitative estimate of drug-likeness (QED) is 0.758. The van der Waals surface area contributed by atoms with Crippen molar-refractivity contribution in [3.05, 3.63) is 46.8 Å². The van der Waals surface area contributed by atoms with E-state index >= 15 is 0 Å². The van der Waals surface area contributed by atoms with E-state index in [1.165, 1.54) is 0 Å². The van der Waals surface area contributed by atoms with E-state index in [1.54, 1.807) is 0 Å². The van der Waals surface area contributed by atoms with E-state index in [1.807, 2.05) is 24.3 Å². The Hall–Kier alpha value is -2.34. The number of aromatic nitrogens is 2. The van der Waals surface area contributed by atoms with Crippen LogP contribution in [0.5, 0.6) is 5.75 Å². The average molecular weight is 328 g/mol. The van der Waals surface area contributed by atoms with Gasteiger partial charge in [-0.15, -0.1) is 0 Å². The van der Waals surface area contributed by atoms with Gasteiger partial charge in [-0.25, -0.2) is 0 Å². The maximum absolute atomic E-state index is 12.5. The molecule has 0 aliphatic carbocycles. The Morgan fingerprint density at radius 1 is 1.38 bits per heavy atom. The third-order valence-corrected chi connectivity index (χ3v) is 4.01. The van der Waals surface area contributed by atoms with Gasteiger partial charge in [0.05, 0.1) is 6.61 Å². The Kier molecular flexibility index (Phi) is 5.15. The maximum Gasteiger partial charge on any atom is 0.272 e. The molecule has 1 aliphatic heterocycles. The number of hydrogen-bond acceptors (Lipinski definition) is 4. The van der Waals surface area contributed by atoms with Crippen molar-refractivity contribution in [1.29, 1.82) is 0 Å². The van der Waals surface area contributed by atoms with Crippen molar-refractivity contribution in [2.24, 2.45) is 5.92 Å². The minimum absolute atomic E-state index is 0.158. The Morgan fingerprint density at radius 3 is 3.04 bits per heavy atom. The van der Waals surface area contributed by atoms with Crippen LogP contribution in [0.2, 0.25) is 0 Å². The van der Waals surface area contributed by atoms with Gasteiger partial charge < -0.3 is 15.4 Å². The highest BCUT2D eigenvalue weighted by Gasteiger charge is 2.21. The summed E-state index contributed by atoms with van der Waals surface area (Å²) in [5.74, 6) is 1.11. The van der Waals surface area contributed by atoms with Crippen LogP contribution < -0.4 is 15.4 Å². The molecule has 1 amide bonds. The predicted molar refractivity (Wildman–Crippen MR) is 91.9 cm³/mol. The summed E-state index contributed by atoms with van der Waals surface area (Å²) in [5.41, 5.74) is 3.48. The van der Waals surface area contributed by atoms with Crippen LogP contribution in [-0.2, 0) is 19.5 Å². The predicted octanol–water partition coefficient (Wildman–Crippen LogP) is 2.02. The number of rotatable bonds is 6. The van der Waals surface area contributed by atoms with Gasteiger partial charge in [0, 0.05) is 42.9 Å². The molecular formula is C18H24N4O2. The third kappa shape index (κ3) is 3.76. The molecule has 128 valence electrons. The second-order valence-electron chi connectivity index (χ2n) is 6.45. The molecule has 1 aromatic heterocycles. The Labute approximate surface area is 142 Å². The Morgan fingerprint density at radius 2 is 2.21 bits per heavy atom. The summed E-state index contributed by atoms with van der Waals surface area (Å²) >= 11 is 0. The second-order valence-corrected chi connectivity index (χ2v) is 6.45. The van der Waals surface area contributed by atoms with Gasteiger partial charge in [-0.05, 0) is 12.0 Å². The fourth-order valence-corrected chi connectivity index (χ4v) is 2.72. The van der Waals surface area contributed by atoms with Crippen molar-refractivity contribution in [3.8, 4) is 5.75 Å². The molecule has 3 rings (SSSR count). The van der Waals surface area contributed by atoms with Gasteiger partial charge >= 0.3 is 0 Å². The summed E-state index contributed by atoms with van der Waals surface area (Å²) in [6, 6.07) is 7.79. The fraction of sp³-hybridized carbons (Fsp3) is 0.444.